The SMILES string of the molecule is O=C(NCc1ccc(F)cc1F)C1=CN2C(=C(O)C1)C(=O)N1CC3C[C@@H]3C[C@H]2C1. The van der Waals surface area contributed by atoms with Gasteiger partial charge in [0.1, 0.15) is 23.1 Å². The zero-order valence-corrected chi connectivity index (χ0v) is 15.7. The summed E-state index contributed by atoms with van der Waals surface area (Å²) in [6.07, 6.45) is 3.65. The highest BCUT2D eigenvalue weighted by molar-refractivity contribution is 5.98. The minimum Gasteiger partial charge on any atom is -0.510 e. The van der Waals surface area contributed by atoms with Gasteiger partial charge in [0.15, 0.2) is 0 Å². The van der Waals surface area contributed by atoms with Gasteiger partial charge in [0, 0.05) is 49.5 Å². The summed E-state index contributed by atoms with van der Waals surface area (Å²) in [6.45, 7) is 1.24. The van der Waals surface area contributed by atoms with E-state index in [0.29, 0.717) is 24.0 Å². The summed E-state index contributed by atoms with van der Waals surface area (Å²) in [4.78, 5) is 29.0. The van der Waals surface area contributed by atoms with Gasteiger partial charge < -0.3 is 20.2 Å². The first-order valence-electron chi connectivity index (χ1n) is 9.83. The number of allylic oxidation sites excluding steroid dienone is 1. The molecule has 3 atom stereocenters. The Balaban J connectivity index is 1.35. The van der Waals surface area contributed by atoms with Crippen molar-refractivity contribution in [2.75, 3.05) is 13.1 Å². The molecule has 1 aromatic rings. The monoisotopic (exact) mass is 401 g/mol. The maximum Gasteiger partial charge on any atom is 0.274 e. The second-order valence-electron chi connectivity index (χ2n) is 8.31. The first-order chi connectivity index (χ1) is 13.9. The zero-order chi connectivity index (χ0) is 20.3. The lowest BCUT2D eigenvalue weighted by Crippen LogP contribution is -2.53. The second kappa shape index (κ2) is 6.57. The molecule has 8 heteroatoms. The second-order valence-corrected chi connectivity index (χ2v) is 8.31. The number of nitrogens with zero attached hydrogens (tertiary/aromatic N) is 2. The van der Waals surface area contributed by atoms with Crippen LogP contribution in [0.15, 0.2) is 41.4 Å². The first-order valence-corrected chi connectivity index (χ1v) is 9.83. The molecule has 3 heterocycles. The standard InChI is InChI=1S/C21H21F2N3O3/c22-15-2-1-11(17(23)6-15)7-24-20(28)14-5-18(27)19-21(29)25-8-13-3-12(13)4-16(10-25)26(19)9-14/h1-2,6,9,12-13,16,27H,3-5,7-8,10H2,(H,24,28)/t12-,13?,16+/m1/s1. The number of hydrogen-bond acceptors (Lipinski definition) is 4. The molecule has 1 saturated carbocycles. The van der Waals surface area contributed by atoms with E-state index >= 15 is 0 Å². The van der Waals surface area contributed by atoms with Crippen LogP contribution in [0.4, 0.5) is 8.78 Å². The van der Waals surface area contributed by atoms with Crippen molar-refractivity contribution >= 4 is 11.8 Å². The lowest BCUT2D eigenvalue weighted by molar-refractivity contribution is -0.133. The molecular weight excluding hydrogens is 380 g/mol. The Morgan fingerprint density at radius 3 is 2.83 bits per heavy atom. The van der Waals surface area contributed by atoms with Crippen LogP contribution in [0, 0.1) is 23.5 Å². The Kier molecular flexibility index (Phi) is 4.11. The largest absolute Gasteiger partial charge is 0.510 e. The van der Waals surface area contributed by atoms with Crippen LogP contribution in [0.1, 0.15) is 24.8 Å². The van der Waals surface area contributed by atoms with Crippen molar-refractivity contribution in [3.05, 3.63) is 58.6 Å². The molecule has 2 N–H and O–H groups in total. The van der Waals surface area contributed by atoms with E-state index in [1.807, 2.05) is 4.90 Å². The van der Waals surface area contributed by atoms with Gasteiger partial charge >= 0.3 is 0 Å². The van der Waals surface area contributed by atoms with Crippen molar-refractivity contribution < 1.29 is 23.5 Å². The van der Waals surface area contributed by atoms with Crippen LogP contribution in [-0.2, 0) is 16.1 Å². The number of benzene rings is 1. The Morgan fingerprint density at radius 2 is 2.03 bits per heavy atom. The molecule has 2 bridgehead atoms. The van der Waals surface area contributed by atoms with E-state index in [4.69, 9.17) is 0 Å². The lowest BCUT2D eigenvalue weighted by atomic mass is 9.98. The number of nitrogens with one attached hydrogen (secondary N) is 1. The topological polar surface area (TPSA) is 72.9 Å². The molecule has 3 aliphatic heterocycles. The number of fused-ring (bicyclic) bond motifs is 5. The van der Waals surface area contributed by atoms with E-state index in [2.05, 4.69) is 5.32 Å². The van der Waals surface area contributed by atoms with Gasteiger partial charge in [-0.05, 0) is 30.7 Å². The summed E-state index contributed by atoms with van der Waals surface area (Å²) in [5.41, 5.74) is 0.749. The number of halogens is 2. The molecule has 152 valence electrons. The molecule has 4 aliphatic rings. The number of aliphatic hydroxyl groups is 1. The van der Waals surface area contributed by atoms with Crippen LogP contribution in [0.25, 0.3) is 0 Å². The molecule has 1 unspecified atom stereocenters. The van der Waals surface area contributed by atoms with E-state index < -0.39 is 17.5 Å². The van der Waals surface area contributed by atoms with Crippen molar-refractivity contribution in [1.82, 2.24) is 15.1 Å². The average Bonchev–Trinajstić information content (AvgIpc) is 3.42. The fourth-order valence-corrected chi connectivity index (χ4v) is 4.68. The Morgan fingerprint density at radius 1 is 1.21 bits per heavy atom. The van der Waals surface area contributed by atoms with Gasteiger partial charge in [0.05, 0.1) is 6.04 Å². The number of carbonyl (C=O) groups excluding carboxylic acids is 2. The van der Waals surface area contributed by atoms with Crippen molar-refractivity contribution in [3.8, 4) is 0 Å². The van der Waals surface area contributed by atoms with Crippen molar-refractivity contribution in [3.63, 3.8) is 0 Å². The fourth-order valence-electron chi connectivity index (χ4n) is 4.68. The number of aliphatic hydroxyl groups excluding tert-OH is 1. The molecule has 0 spiro atoms. The van der Waals surface area contributed by atoms with Gasteiger partial charge in [0.2, 0.25) is 5.91 Å². The molecule has 6 nitrogen and oxygen atoms in total. The predicted octanol–water partition coefficient (Wildman–Crippen LogP) is 2.19. The summed E-state index contributed by atoms with van der Waals surface area (Å²) in [6, 6.07) is 3.23. The molecular formula is C21H21F2N3O3. The summed E-state index contributed by atoms with van der Waals surface area (Å²) >= 11 is 0. The molecule has 0 radical (unpaired) electrons. The van der Waals surface area contributed by atoms with Crippen molar-refractivity contribution in [1.29, 1.82) is 0 Å². The molecule has 1 aromatic carbocycles. The van der Waals surface area contributed by atoms with E-state index in [1.54, 1.807) is 11.1 Å². The summed E-state index contributed by atoms with van der Waals surface area (Å²) in [7, 11) is 0. The number of amides is 2. The minimum atomic E-state index is -0.730. The van der Waals surface area contributed by atoms with E-state index in [9.17, 15) is 23.5 Å². The Bertz CT molecular complexity index is 974. The van der Waals surface area contributed by atoms with Crippen molar-refractivity contribution in [2.24, 2.45) is 11.8 Å². The van der Waals surface area contributed by atoms with Crippen LogP contribution < -0.4 is 5.32 Å². The Labute approximate surface area is 166 Å². The van der Waals surface area contributed by atoms with E-state index in [-0.39, 0.29) is 41.9 Å². The number of carbonyl (C=O) groups is 2. The maximum atomic E-state index is 13.8. The third kappa shape index (κ3) is 3.16. The van der Waals surface area contributed by atoms with Crippen LogP contribution in [0.3, 0.4) is 0 Å². The molecule has 1 aliphatic carbocycles. The average molecular weight is 401 g/mol. The highest BCUT2D eigenvalue weighted by Gasteiger charge is 2.50. The Hall–Kier alpha value is -2.90. The highest BCUT2D eigenvalue weighted by atomic mass is 19.1. The first kappa shape index (κ1) is 18.1. The smallest absolute Gasteiger partial charge is 0.274 e. The summed E-state index contributed by atoms with van der Waals surface area (Å²) in [5, 5.41) is 13.2. The van der Waals surface area contributed by atoms with Gasteiger partial charge in [-0.15, -0.1) is 0 Å². The van der Waals surface area contributed by atoms with Gasteiger partial charge in [-0.1, -0.05) is 6.07 Å². The molecule has 5 rings (SSSR count). The third-order valence-corrected chi connectivity index (χ3v) is 6.34. The predicted molar refractivity (Wildman–Crippen MR) is 99.0 cm³/mol. The quantitative estimate of drug-likeness (QED) is 0.815. The summed E-state index contributed by atoms with van der Waals surface area (Å²) in [5.74, 6) is -1.02. The normalized spacial score (nSPS) is 27.7. The third-order valence-electron chi connectivity index (χ3n) is 6.34. The fraction of sp³-hybridized carbons (Fsp3) is 0.429. The number of piperazine rings is 1. The highest BCUT2D eigenvalue weighted by Crippen LogP contribution is 2.48. The molecule has 0 aromatic heterocycles. The molecule has 2 saturated heterocycles. The molecule has 2 amide bonds. The van der Waals surface area contributed by atoms with Crippen LogP contribution in [0.2, 0.25) is 0 Å². The minimum absolute atomic E-state index is 0.0417. The number of hydrogen-bond donors (Lipinski definition) is 2. The zero-order valence-electron chi connectivity index (χ0n) is 15.7. The van der Waals surface area contributed by atoms with Gasteiger partial charge in [-0.3, -0.25) is 9.59 Å². The molecule has 3 fully saturated rings. The van der Waals surface area contributed by atoms with Gasteiger partial charge in [-0.25, -0.2) is 8.78 Å². The van der Waals surface area contributed by atoms with Crippen LogP contribution >= 0.6 is 0 Å². The van der Waals surface area contributed by atoms with Crippen LogP contribution in [-0.4, -0.2) is 45.9 Å². The maximum absolute atomic E-state index is 13.8. The molecule has 29 heavy (non-hydrogen) atoms. The van der Waals surface area contributed by atoms with Crippen molar-refractivity contribution in [2.45, 2.75) is 31.8 Å². The van der Waals surface area contributed by atoms with Gasteiger partial charge in [-0.2, -0.15) is 0 Å². The lowest BCUT2D eigenvalue weighted by Gasteiger charge is -2.43. The van der Waals surface area contributed by atoms with E-state index in [0.717, 1.165) is 31.5 Å². The van der Waals surface area contributed by atoms with Gasteiger partial charge in [0.25, 0.3) is 5.91 Å². The summed E-state index contributed by atoms with van der Waals surface area (Å²) < 4.78 is 26.8. The van der Waals surface area contributed by atoms with E-state index in [1.165, 1.54) is 6.07 Å². The number of rotatable bonds is 3. The van der Waals surface area contributed by atoms with Crippen LogP contribution in [0.5, 0.6) is 0 Å².